The van der Waals surface area contributed by atoms with Crippen LogP contribution in [-0.4, -0.2) is 31.1 Å². The molecule has 0 bridgehead atoms. The van der Waals surface area contributed by atoms with Crippen LogP contribution >= 0.6 is 15.9 Å². The molecule has 1 saturated carbocycles. The Labute approximate surface area is 128 Å². The van der Waals surface area contributed by atoms with Crippen LogP contribution in [0, 0.1) is 11.7 Å². The molecule has 1 saturated heterocycles. The number of hydrogen-bond donors (Lipinski definition) is 1. The molecule has 0 aromatic heterocycles. The lowest BCUT2D eigenvalue weighted by Crippen LogP contribution is -2.46. The maximum atomic E-state index is 14.4. The molecule has 1 aliphatic heterocycles. The number of halogens is 2. The maximum absolute atomic E-state index is 14.4. The fraction of sp³-hybridized carbons (Fsp3) is 0.625. The van der Waals surface area contributed by atoms with E-state index in [-0.39, 0.29) is 11.9 Å². The minimum atomic E-state index is -0.0604. The lowest BCUT2D eigenvalue weighted by atomic mass is 9.89. The van der Waals surface area contributed by atoms with Gasteiger partial charge in [0.25, 0.3) is 0 Å². The third-order valence-corrected chi connectivity index (χ3v) is 5.17. The summed E-state index contributed by atoms with van der Waals surface area (Å²) in [5, 5.41) is 3.39. The van der Waals surface area contributed by atoms with Gasteiger partial charge in [-0.25, -0.2) is 4.39 Å². The van der Waals surface area contributed by atoms with Gasteiger partial charge >= 0.3 is 0 Å². The molecule has 3 rings (SSSR count). The monoisotopic (exact) mass is 340 g/mol. The summed E-state index contributed by atoms with van der Waals surface area (Å²) in [6.07, 6.45) is 5.07. The largest absolute Gasteiger partial charge is 0.314 e. The first-order valence-electron chi connectivity index (χ1n) is 7.65. The smallest absolute Gasteiger partial charge is 0.129 e. The molecule has 4 heteroatoms. The van der Waals surface area contributed by atoms with Gasteiger partial charge in [0.05, 0.1) is 0 Å². The molecule has 2 aliphatic rings. The van der Waals surface area contributed by atoms with Crippen LogP contribution < -0.4 is 5.32 Å². The Balaban J connectivity index is 1.90. The molecule has 110 valence electrons. The second-order valence-corrected chi connectivity index (χ2v) is 6.86. The molecule has 1 aliphatic carbocycles. The zero-order chi connectivity index (χ0) is 13.9. The Morgan fingerprint density at radius 2 is 1.90 bits per heavy atom. The Bertz CT molecular complexity index is 454. The van der Waals surface area contributed by atoms with Gasteiger partial charge in [-0.05, 0) is 30.9 Å². The third kappa shape index (κ3) is 3.07. The molecule has 0 amide bonds. The number of benzene rings is 1. The molecule has 2 fully saturated rings. The zero-order valence-corrected chi connectivity index (χ0v) is 13.3. The van der Waals surface area contributed by atoms with E-state index >= 15 is 0 Å². The summed E-state index contributed by atoms with van der Waals surface area (Å²) in [4.78, 5) is 2.48. The molecule has 1 N–H and O–H groups in total. The van der Waals surface area contributed by atoms with Crippen molar-refractivity contribution in [3.05, 3.63) is 34.1 Å². The van der Waals surface area contributed by atoms with Crippen molar-refractivity contribution in [1.29, 1.82) is 0 Å². The first-order chi connectivity index (χ1) is 9.75. The van der Waals surface area contributed by atoms with E-state index in [1.54, 1.807) is 6.07 Å². The van der Waals surface area contributed by atoms with Crippen LogP contribution in [0.1, 0.15) is 37.3 Å². The van der Waals surface area contributed by atoms with Crippen LogP contribution in [0.25, 0.3) is 0 Å². The topological polar surface area (TPSA) is 15.3 Å². The number of nitrogens with one attached hydrogen (secondary N) is 1. The van der Waals surface area contributed by atoms with Crippen molar-refractivity contribution in [3.8, 4) is 0 Å². The van der Waals surface area contributed by atoms with E-state index in [1.165, 1.54) is 25.7 Å². The standard InChI is InChI=1S/C16H22BrFN2/c17-13-5-6-14(15(18)11-13)16(12-3-1-2-4-12)20-9-7-19-8-10-20/h5-6,11-12,16,19H,1-4,7-10H2/t16-/m1/s1. The summed E-state index contributed by atoms with van der Waals surface area (Å²) >= 11 is 3.36. The Morgan fingerprint density at radius 1 is 1.20 bits per heavy atom. The third-order valence-electron chi connectivity index (χ3n) is 4.67. The summed E-state index contributed by atoms with van der Waals surface area (Å²) in [6.45, 7) is 4.08. The highest BCUT2D eigenvalue weighted by Gasteiger charge is 2.33. The van der Waals surface area contributed by atoms with Crippen LogP contribution in [0.3, 0.4) is 0 Å². The van der Waals surface area contributed by atoms with Gasteiger partial charge in [-0.1, -0.05) is 34.8 Å². The summed E-state index contributed by atoms with van der Waals surface area (Å²) in [5.41, 5.74) is 0.891. The lowest BCUT2D eigenvalue weighted by molar-refractivity contribution is 0.122. The Morgan fingerprint density at radius 3 is 2.55 bits per heavy atom. The molecule has 1 atom stereocenters. The second kappa shape index (κ2) is 6.54. The van der Waals surface area contributed by atoms with E-state index in [1.807, 2.05) is 12.1 Å². The van der Waals surface area contributed by atoms with Gasteiger partial charge in [0.2, 0.25) is 0 Å². The fourth-order valence-electron chi connectivity index (χ4n) is 3.72. The van der Waals surface area contributed by atoms with Crippen LogP contribution in [0.2, 0.25) is 0 Å². The fourth-order valence-corrected chi connectivity index (χ4v) is 4.06. The number of rotatable bonds is 3. The van der Waals surface area contributed by atoms with Gasteiger partial charge in [0, 0.05) is 42.3 Å². The number of nitrogens with zero attached hydrogens (tertiary/aromatic N) is 1. The van der Waals surface area contributed by atoms with Crippen molar-refractivity contribution in [2.24, 2.45) is 5.92 Å². The van der Waals surface area contributed by atoms with Crippen LogP contribution in [0.4, 0.5) is 4.39 Å². The van der Waals surface area contributed by atoms with Crippen molar-refractivity contribution in [2.75, 3.05) is 26.2 Å². The normalized spacial score (nSPS) is 23.1. The number of piperazine rings is 1. The minimum absolute atomic E-state index is 0.0604. The van der Waals surface area contributed by atoms with Crippen molar-refractivity contribution in [3.63, 3.8) is 0 Å². The molecule has 2 nitrogen and oxygen atoms in total. The van der Waals surface area contributed by atoms with Crippen molar-refractivity contribution >= 4 is 15.9 Å². The van der Waals surface area contributed by atoms with E-state index in [0.29, 0.717) is 5.92 Å². The Hall–Kier alpha value is -0.450. The summed E-state index contributed by atoms with van der Waals surface area (Å²) in [6, 6.07) is 5.82. The van der Waals surface area contributed by atoms with E-state index in [9.17, 15) is 4.39 Å². The molecular weight excluding hydrogens is 319 g/mol. The van der Waals surface area contributed by atoms with E-state index in [4.69, 9.17) is 0 Å². The van der Waals surface area contributed by atoms with E-state index < -0.39 is 0 Å². The average molecular weight is 341 g/mol. The first kappa shape index (κ1) is 14.5. The molecule has 1 aromatic rings. The van der Waals surface area contributed by atoms with Crippen LogP contribution in [-0.2, 0) is 0 Å². The summed E-state index contributed by atoms with van der Waals surface area (Å²) < 4.78 is 15.3. The number of hydrogen-bond acceptors (Lipinski definition) is 2. The van der Waals surface area contributed by atoms with Crippen molar-refractivity contribution in [1.82, 2.24) is 10.2 Å². The SMILES string of the molecule is Fc1cc(Br)ccc1[C@@H](C1CCCC1)N1CCNCC1. The second-order valence-electron chi connectivity index (χ2n) is 5.94. The van der Waals surface area contributed by atoms with Gasteiger partial charge in [-0.2, -0.15) is 0 Å². The highest BCUT2D eigenvalue weighted by Crippen LogP contribution is 2.40. The summed E-state index contributed by atoms with van der Waals surface area (Å²) in [7, 11) is 0. The molecule has 1 aromatic carbocycles. The predicted molar refractivity (Wildman–Crippen MR) is 83.2 cm³/mol. The molecule has 0 radical (unpaired) electrons. The van der Waals surface area contributed by atoms with Crippen molar-refractivity contribution < 1.29 is 4.39 Å². The molecule has 20 heavy (non-hydrogen) atoms. The zero-order valence-electron chi connectivity index (χ0n) is 11.7. The summed E-state index contributed by atoms with van der Waals surface area (Å²) in [5.74, 6) is 0.554. The average Bonchev–Trinajstić information content (AvgIpc) is 2.97. The highest BCUT2D eigenvalue weighted by atomic mass is 79.9. The molecule has 0 spiro atoms. The first-order valence-corrected chi connectivity index (χ1v) is 8.45. The van der Waals surface area contributed by atoms with Gasteiger partial charge in [-0.15, -0.1) is 0 Å². The van der Waals surface area contributed by atoms with E-state index in [0.717, 1.165) is 36.2 Å². The highest BCUT2D eigenvalue weighted by molar-refractivity contribution is 9.10. The molecule has 1 heterocycles. The minimum Gasteiger partial charge on any atom is -0.314 e. The van der Waals surface area contributed by atoms with Crippen LogP contribution in [0.5, 0.6) is 0 Å². The quantitative estimate of drug-likeness (QED) is 0.901. The molecule has 0 unspecified atom stereocenters. The maximum Gasteiger partial charge on any atom is 0.129 e. The van der Waals surface area contributed by atoms with Gasteiger partial charge in [0.15, 0.2) is 0 Å². The molecular formula is C16H22BrFN2. The Kier molecular flexibility index (Phi) is 4.74. The van der Waals surface area contributed by atoms with Gasteiger partial charge < -0.3 is 5.32 Å². The van der Waals surface area contributed by atoms with Crippen LogP contribution in [0.15, 0.2) is 22.7 Å². The predicted octanol–water partition coefficient (Wildman–Crippen LogP) is 3.72. The van der Waals surface area contributed by atoms with E-state index in [2.05, 4.69) is 26.1 Å². The lowest BCUT2D eigenvalue weighted by Gasteiger charge is -2.38. The van der Waals surface area contributed by atoms with Crippen molar-refractivity contribution in [2.45, 2.75) is 31.7 Å². The van der Waals surface area contributed by atoms with Gasteiger partial charge in [0.1, 0.15) is 5.82 Å². The van der Waals surface area contributed by atoms with Gasteiger partial charge in [-0.3, -0.25) is 4.90 Å².